The standard InChI is InChI=1S/C7H8O2S.3C2H6/c1-10(8)9-7-5-3-2-4-6-7;3*1-2/h2-6H,1H3;3*1-2H3. The smallest absolute Gasteiger partial charge is 0.203 e. The molecule has 0 saturated carbocycles. The van der Waals surface area contributed by atoms with Crippen molar-refractivity contribution < 1.29 is 8.39 Å². The summed E-state index contributed by atoms with van der Waals surface area (Å²) < 4.78 is 15.4. The van der Waals surface area contributed by atoms with Crippen molar-refractivity contribution in [2.45, 2.75) is 41.5 Å². The van der Waals surface area contributed by atoms with Crippen molar-refractivity contribution in [1.29, 1.82) is 0 Å². The Balaban J connectivity index is -0.000000245. The Morgan fingerprint density at radius 2 is 1.25 bits per heavy atom. The average Bonchev–Trinajstić information content (AvgIpc) is 2.37. The topological polar surface area (TPSA) is 26.3 Å². The van der Waals surface area contributed by atoms with E-state index in [1.165, 1.54) is 6.26 Å². The molecule has 1 atom stereocenters. The van der Waals surface area contributed by atoms with E-state index in [0.717, 1.165) is 0 Å². The zero-order valence-corrected chi connectivity index (χ0v) is 12.4. The van der Waals surface area contributed by atoms with Crippen LogP contribution in [0.2, 0.25) is 0 Å². The van der Waals surface area contributed by atoms with Crippen LogP contribution in [0.25, 0.3) is 0 Å². The second kappa shape index (κ2) is 19.7. The number of hydrogen-bond acceptors (Lipinski definition) is 2. The second-order valence-electron chi connectivity index (χ2n) is 1.80. The maximum absolute atomic E-state index is 10.5. The van der Waals surface area contributed by atoms with E-state index in [2.05, 4.69) is 0 Å². The average molecular weight is 246 g/mol. The van der Waals surface area contributed by atoms with Crippen molar-refractivity contribution in [3.8, 4) is 5.75 Å². The minimum Gasteiger partial charge on any atom is -0.401 e. The van der Waals surface area contributed by atoms with Crippen molar-refractivity contribution in [2.75, 3.05) is 6.26 Å². The van der Waals surface area contributed by atoms with Crippen LogP contribution in [-0.2, 0) is 11.1 Å². The van der Waals surface area contributed by atoms with E-state index in [9.17, 15) is 4.21 Å². The Bertz CT molecular complexity index is 223. The summed E-state index contributed by atoms with van der Waals surface area (Å²) in [5.74, 6) is 0.642. The highest BCUT2D eigenvalue weighted by Crippen LogP contribution is 2.08. The van der Waals surface area contributed by atoms with Crippen LogP contribution in [0.5, 0.6) is 5.75 Å². The fraction of sp³-hybridized carbons (Fsp3) is 0.538. The van der Waals surface area contributed by atoms with Crippen LogP contribution in [-0.4, -0.2) is 10.5 Å². The molecule has 1 aromatic carbocycles. The van der Waals surface area contributed by atoms with Gasteiger partial charge in [-0.25, -0.2) is 4.21 Å². The maximum atomic E-state index is 10.5. The zero-order chi connectivity index (χ0) is 13.4. The largest absolute Gasteiger partial charge is 0.401 e. The molecule has 0 spiro atoms. The van der Waals surface area contributed by atoms with Crippen LogP contribution in [0.4, 0.5) is 0 Å². The van der Waals surface area contributed by atoms with E-state index in [-0.39, 0.29) is 0 Å². The lowest BCUT2D eigenvalue weighted by molar-refractivity contribution is 0.568. The molecule has 16 heavy (non-hydrogen) atoms. The molecule has 96 valence electrons. The second-order valence-corrected chi connectivity index (χ2v) is 2.77. The first-order valence-corrected chi connectivity index (χ1v) is 7.34. The number of para-hydroxylation sites is 1. The number of hydrogen-bond donors (Lipinski definition) is 0. The Labute approximate surface area is 104 Å². The lowest BCUT2D eigenvalue weighted by atomic mass is 10.3. The third kappa shape index (κ3) is 15.6. The molecule has 2 nitrogen and oxygen atoms in total. The Morgan fingerprint density at radius 1 is 0.875 bits per heavy atom. The number of benzene rings is 1. The normalized spacial score (nSPS) is 8.94. The SMILES string of the molecule is CC.CC.CC.CS(=O)Oc1ccccc1. The van der Waals surface area contributed by atoms with E-state index in [0.29, 0.717) is 5.75 Å². The van der Waals surface area contributed by atoms with Gasteiger partial charge in [-0.3, -0.25) is 0 Å². The van der Waals surface area contributed by atoms with Gasteiger partial charge in [-0.05, 0) is 12.1 Å². The summed E-state index contributed by atoms with van der Waals surface area (Å²) in [4.78, 5) is 0. The summed E-state index contributed by atoms with van der Waals surface area (Å²) in [7, 11) is 0. The van der Waals surface area contributed by atoms with Crippen molar-refractivity contribution in [2.24, 2.45) is 0 Å². The molecular weight excluding hydrogens is 220 g/mol. The molecule has 0 aromatic heterocycles. The number of rotatable bonds is 2. The summed E-state index contributed by atoms with van der Waals surface area (Å²) in [6.45, 7) is 12.0. The molecule has 1 unspecified atom stereocenters. The van der Waals surface area contributed by atoms with Gasteiger partial charge >= 0.3 is 0 Å². The van der Waals surface area contributed by atoms with Gasteiger partial charge in [-0.1, -0.05) is 59.7 Å². The fourth-order valence-corrected chi connectivity index (χ4v) is 0.994. The molecule has 0 N–H and O–H groups in total. The van der Waals surface area contributed by atoms with Crippen molar-refractivity contribution in [3.63, 3.8) is 0 Å². The summed E-state index contributed by atoms with van der Waals surface area (Å²) >= 11 is -1.22. The molecular formula is C13H26O2S. The van der Waals surface area contributed by atoms with E-state index in [1.54, 1.807) is 12.1 Å². The lowest BCUT2D eigenvalue weighted by Gasteiger charge is -1.97. The Kier molecular flexibility index (Phi) is 25.3. The quantitative estimate of drug-likeness (QED) is 0.771. The molecule has 0 saturated heterocycles. The molecule has 0 amide bonds. The maximum Gasteiger partial charge on any atom is 0.203 e. The summed E-state index contributed by atoms with van der Waals surface area (Å²) in [6.07, 6.45) is 1.49. The van der Waals surface area contributed by atoms with Crippen LogP contribution in [0.15, 0.2) is 30.3 Å². The van der Waals surface area contributed by atoms with Gasteiger partial charge in [0.05, 0.1) is 0 Å². The van der Waals surface area contributed by atoms with Crippen LogP contribution >= 0.6 is 0 Å². The van der Waals surface area contributed by atoms with Crippen LogP contribution in [0.1, 0.15) is 41.5 Å². The van der Waals surface area contributed by atoms with Gasteiger partial charge in [0, 0.05) is 6.26 Å². The third-order valence-electron chi connectivity index (χ3n) is 0.957. The highest BCUT2D eigenvalue weighted by molar-refractivity contribution is 7.79. The van der Waals surface area contributed by atoms with E-state index < -0.39 is 11.1 Å². The van der Waals surface area contributed by atoms with E-state index >= 15 is 0 Å². The summed E-state index contributed by atoms with van der Waals surface area (Å²) in [6, 6.07) is 9.08. The van der Waals surface area contributed by atoms with Crippen molar-refractivity contribution in [3.05, 3.63) is 30.3 Å². The Hall–Kier alpha value is -0.830. The molecule has 0 fully saturated rings. The minimum absolute atomic E-state index is 0.642. The van der Waals surface area contributed by atoms with Gasteiger partial charge in [-0.15, -0.1) is 0 Å². The van der Waals surface area contributed by atoms with E-state index in [1.807, 2.05) is 59.7 Å². The minimum atomic E-state index is -1.22. The molecule has 3 heteroatoms. The van der Waals surface area contributed by atoms with Crippen LogP contribution < -0.4 is 4.18 Å². The molecule has 0 aliphatic carbocycles. The van der Waals surface area contributed by atoms with E-state index in [4.69, 9.17) is 4.18 Å². The molecule has 0 heterocycles. The highest BCUT2D eigenvalue weighted by Gasteiger charge is 1.91. The first-order chi connectivity index (χ1) is 7.79. The lowest BCUT2D eigenvalue weighted by Crippen LogP contribution is -1.95. The van der Waals surface area contributed by atoms with Gasteiger partial charge in [0.15, 0.2) is 0 Å². The molecule has 1 aromatic rings. The third-order valence-corrected chi connectivity index (χ3v) is 1.38. The first kappa shape index (κ1) is 20.6. The monoisotopic (exact) mass is 246 g/mol. The van der Waals surface area contributed by atoms with Gasteiger partial charge < -0.3 is 4.18 Å². The van der Waals surface area contributed by atoms with Crippen LogP contribution in [0.3, 0.4) is 0 Å². The van der Waals surface area contributed by atoms with Gasteiger partial charge in [0.2, 0.25) is 11.1 Å². The molecule has 1 rings (SSSR count). The Morgan fingerprint density at radius 3 is 1.56 bits per heavy atom. The summed E-state index contributed by atoms with van der Waals surface area (Å²) in [5.41, 5.74) is 0. The molecule has 0 aliphatic rings. The first-order valence-electron chi connectivity index (χ1n) is 5.86. The predicted molar refractivity (Wildman–Crippen MR) is 75.2 cm³/mol. The zero-order valence-electron chi connectivity index (χ0n) is 11.6. The predicted octanol–water partition coefficient (Wildman–Crippen LogP) is 4.44. The van der Waals surface area contributed by atoms with Crippen molar-refractivity contribution >= 4 is 11.1 Å². The molecule has 0 aliphatic heterocycles. The molecule has 0 bridgehead atoms. The van der Waals surface area contributed by atoms with Crippen LogP contribution in [0, 0.1) is 0 Å². The van der Waals surface area contributed by atoms with Gasteiger partial charge in [0.1, 0.15) is 5.75 Å². The van der Waals surface area contributed by atoms with Gasteiger partial charge in [0.25, 0.3) is 0 Å². The molecule has 0 radical (unpaired) electrons. The fourth-order valence-electron chi connectivity index (χ4n) is 0.612. The highest BCUT2D eigenvalue weighted by atomic mass is 32.2. The summed E-state index contributed by atoms with van der Waals surface area (Å²) in [5, 5.41) is 0. The van der Waals surface area contributed by atoms with Crippen molar-refractivity contribution in [1.82, 2.24) is 0 Å². The van der Waals surface area contributed by atoms with Gasteiger partial charge in [-0.2, -0.15) is 0 Å².